The Morgan fingerprint density at radius 1 is 1.09 bits per heavy atom. The van der Waals surface area contributed by atoms with Crippen molar-refractivity contribution in [3.8, 4) is 11.5 Å². The zero-order valence-corrected chi connectivity index (χ0v) is 14.4. The molecule has 0 atom stereocenters. The van der Waals surface area contributed by atoms with E-state index >= 15 is 0 Å². The molecule has 2 rings (SSSR count). The standard InChI is InChI=1S/C16H22O6S/c1-11-4-9-14(15(10-11)20-2)22-23(18,19)13-7-5-12(6-8-13)16(17)21-3/h4,9-10,12-13H,5-8H2,1-3H3. The first-order chi connectivity index (χ1) is 10.9. The smallest absolute Gasteiger partial charge is 0.312 e. The molecule has 0 N–H and O–H groups in total. The molecule has 0 heterocycles. The van der Waals surface area contributed by atoms with Crippen LogP contribution in [0.2, 0.25) is 0 Å². The number of hydrogen-bond acceptors (Lipinski definition) is 6. The molecule has 1 aliphatic carbocycles. The van der Waals surface area contributed by atoms with Crippen molar-refractivity contribution < 1.29 is 26.9 Å². The van der Waals surface area contributed by atoms with Crippen molar-refractivity contribution in [2.45, 2.75) is 37.9 Å². The molecule has 23 heavy (non-hydrogen) atoms. The third-order valence-corrected chi connectivity index (χ3v) is 5.84. The number of methoxy groups -OCH3 is 2. The van der Waals surface area contributed by atoms with Gasteiger partial charge in [-0.2, -0.15) is 8.42 Å². The minimum Gasteiger partial charge on any atom is -0.493 e. The summed E-state index contributed by atoms with van der Waals surface area (Å²) in [4.78, 5) is 11.5. The third-order valence-electron chi connectivity index (χ3n) is 4.14. The lowest BCUT2D eigenvalue weighted by atomic mass is 9.89. The molecule has 0 bridgehead atoms. The zero-order chi connectivity index (χ0) is 17.0. The van der Waals surface area contributed by atoms with Gasteiger partial charge in [0.25, 0.3) is 0 Å². The number of carbonyl (C=O) groups is 1. The van der Waals surface area contributed by atoms with E-state index in [0.29, 0.717) is 31.4 Å². The second-order valence-corrected chi connectivity index (χ2v) is 7.55. The Bertz CT molecular complexity index is 659. The molecule has 0 amide bonds. The fraction of sp³-hybridized carbons (Fsp3) is 0.562. The molecule has 0 unspecified atom stereocenters. The summed E-state index contributed by atoms with van der Waals surface area (Å²) in [6.45, 7) is 1.88. The number of rotatable bonds is 5. The molecule has 0 saturated heterocycles. The van der Waals surface area contributed by atoms with Crippen molar-refractivity contribution in [3.05, 3.63) is 23.8 Å². The quantitative estimate of drug-likeness (QED) is 0.604. The number of hydrogen-bond donors (Lipinski definition) is 0. The molecule has 1 aromatic rings. The predicted molar refractivity (Wildman–Crippen MR) is 85.0 cm³/mol. The summed E-state index contributed by atoms with van der Waals surface area (Å²) in [7, 11) is -0.957. The van der Waals surface area contributed by atoms with Gasteiger partial charge in [0.05, 0.1) is 25.4 Å². The number of esters is 1. The average Bonchev–Trinajstić information content (AvgIpc) is 2.55. The van der Waals surface area contributed by atoms with Gasteiger partial charge in [-0.1, -0.05) is 6.07 Å². The maximum absolute atomic E-state index is 12.5. The highest BCUT2D eigenvalue weighted by atomic mass is 32.2. The Morgan fingerprint density at radius 2 is 1.74 bits per heavy atom. The van der Waals surface area contributed by atoms with E-state index in [1.165, 1.54) is 14.2 Å². The predicted octanol–water partition coefficient (Wildman–Crippen LogP) is 2.44. The van der Waals surface area contributed by atoms with Gasteiger partial charge in [-0.25, -0.2) is 0 Å². The molecule has 1 aliphatic rings. The lowest BCUT2D eigenvalue weighted by Crippen LogP contribution is -2.33. The minimum atomic E-state index is -3.77. The van der Waals surface area contributed by atoms with Crippen LogP contribution in [-0.2, 0) is 19.6 Å². The molecular formula is C16H22O6S. The largest absolute Gasteiger partial charge is 0.493 e. The van der Waals surface area contributed by atoms with E-state index in [1.54, 1.807) is 18.2 Å². The van der Waals surface area contributed by atoms with Crippen LogP contribution in [0.3, 0.4) is 0 Å². The van der Waals surface area contributed by atoms with Crippen molar-refractivity contribution in [1.29, 1.82) is 0 Å². The fourth-order valence-corrected chi connectivity index (χ4v) is 4.16. The van der Waals surface area contributed by atoms with Gasteiger partial charge in [0.15, 0.2) is 11.5 Å². The Kier molecular flexibility index (Phi) is 5.51. The van der Waals surface area contributed by atoms with Gasteiger partial charge >= 0.3 is 16.1 Å². The van der Waals surface area contributed by atoms with Crippen LogP contribution in [0.4, 0.5) is 0 Å². The number of carbonyl (C=O) groups excluding carboxylic acids is 1. The summed E-state index contributed by atoms with van der Waals surface area (Å²) in [5.41, 5.74) is 0.949. The van der Waals surface area contributed by atoms with Crippen LogP contribution in [0, 0.1) is 12.8 Å². The molecule has 0 spiro atoms. The zero-order valence-electron chi connectivity index (χ0n) is 13.6. The van der Waals surface area contributed by atoms with Crippen molar-refractivity contribution in [3.63, 3.8) is 0 Å². The van der Waals surface area contributed by atoms with Gasteiger partial charge in [0.2, 0.25) is 0 Å². The van der Waals surface area contributed by atoms with Crippen LogP contribution in [0.5, 0.6) is 11.5 Å². The molecule has 1 aromatic carbocycles. The Morgan fingerprint density at radius 3 is 2.30 bits per heavy atom. The minimum absolute atomic E-state index is 0.188. The van der Waals surface area contributed by atoms with Gasteiger partial charge in [-0.15, -0.1) is 0 Å². The van der Waals surface area contributed by atoms with Crippen LogP contribution in [0.15, 0.2) is 18.2 Å². The monoisotopic (exact) mass is 342 g/mol. The third kappa shape index (κ3) is 4.16. The number of ether oxygens (including phenoxy) is 2. The van der Waals surface area contributed by atoms with E-state index < -0.39 is 15.4 Å². The summed E-state index contributed by atoms with van der Waals surface area (Å²) in [6, 6.07) is 5.08. The lowest BCUT2D eigenvalue weighted by molar-refractivity contribution is -0.146. The van der Waals surface area contributed by atoms with Crippen molar-refractivity contribution in [2.24, 2.45) is 5.92 Å². The average molecular weight is 342 g/mol. The van der Waals surface area contributed by atoms with Gasteiger partial charge in [0, 0.05) is 0 Å². The molecule has 0 aliphatic heterocycles. The molecule has 0 aromatic heterocycles. The van der Waals surface area contributed by atoms with Crippen molar-refractivity contribution in [2.75, 3.05) is 14.2 Å². The second-order valence-electron chi connectivity index (χ2n) is 5.73. The Balaban J connectivity index is 2.07. The van der Waals surface area contributed by atoms with Crippen LogP contribution in [0.25, 0.3) is 0 Å². The Labute approximate surface area is 136 Å². The summed E-state index contributed by atoms with van der Waals surface area (Å²) in [5, 5.41) is -0.616. The Hall–Kier alpha value is -1.76. The molecule has 0 radical (unpaired) electrons. The topological polar surface area (TPSA) is 78.9 Å². The SMILES string of the molecule is COC(=O)C1CCC(S(=O)(=O)Oc2ccc(C)cc2OC)CC1. The normalized spacial score (nSPS) is 21.5. The van der Waals surface area contributed by atoms with E-state index in [4.69, 9.17) is 13.7 Å². The van der Waals surface area contributed by atoms with Crippen molar-refractivity contribution >= 4 is 16.1 Å². The van der Waals surface area contributed by atoms with E-state index in [2.05, 4.69) is 0 Å². The highest BCUT2D eigenvalue weighted by molar-refractivity contribution is 7.87. The summed E-state index contributed by atoms with van der Waals surface area (Å²) < 4.78 is 40.1. The number of aryl methyl sites for hydroxylation is 1. The second kappa shape index (κ2) is 7.21. The molecular weight excluding hydrogens is 320 g/mol. The fourth-order valence-electron chi connectivity index (χ4n) is 2.79. The molecule has 7 heteroatoms. The van der Waals surface area contributed by atoms with Gasteiger partial charge in [-0.3, -0.25) is 4.79 Å². The van der Waals surface area contributed by atoms with E-state index in [1.807, 2.05) is 6.92 Å². The first-order valence-corrected chi connectivity index (χ1v) is 9.00. The van der Waals surface area contributed by atoms with E-state index in [9.17, 15) is 13.2 Å². The molecule has 1 fully saturated rings. The van der Waals surface area contributed by atoms with Gasteiger partial charge < -0.3 is 13.7 Å². The van der Waals surface area contributed by atoms with Crippen LogP contribution in [0.1, 0.15) is 31.2 Å². The first kappa shape index (κ1) is 17.6. The van der Waals surface area contributed by atoms with E-state index in [-0.39, 0.29) is 17.6 Å². The lowest BCUT2D eigenvalue weighted by Gasteiger charge is -2.26. The van der Waals surface area contributed by atoms with Crippen LogP contribution >= 0.6 is 0 Å². The summed E-state index contributed by atoms with van der Waals surface area (Å²) >= 11 is 0. The maximum atomic E-state index is 12.5. The molecule has 6 nitrogen and oxygen atoms in total. The molecule has 1 saturated carbocycles. The highest BCUT2D eigenvalue weighted by Gasteiger charge is 2.35. The highest BCUT2D eigenvalue weighted by Crippen LogP contribution is 2.34. The van der Waals surface area contributed by atoms with E-state index in [0.717, 1.165) is 5.56 Å². The number of benzene rings is 1. The molecule has 128 valence electrons. The van der Waals surface area contributed by atoms with Gasteiger partial charge in [0.1, 0.15) is 0 Å². The summed E-state index contributed by atoms with van der Waals surface area (Å²) in [5.74, 6) is 0.0762. The van der Waals surface area contributed by atoms with Crippen LogP contribution < -0.4 is 8.92 Å². The summed E-state index contributed by atoms with van der Waals surface area (Å²) in [6.07, 6.45) is 1.75. The first-order valence-electron chi connectivity index (χ1n) is 7.53. The van der Waals surface area contributed by atoms with Crippen molar-refractivity contribution in [1.82, 2.24) is 0 Å². The maximum Gasteiger partial charge on any atom is 0.312 e. The van der Waals surface area contributed by atoms with Gasteiger partial charge in [-0.05, 0) is 50.3 Å². The van der Waals surface area contributed by atoms with Crippen LogP contribution in [-0.4, -0.2) is 33.9 Å².